The van der Waals surface area contributed by atoms with E-state index in [1.165, 1.54) is 0 Å². The second-order valence-corrected chi connectivity index (χ2v) is 7.46. The lowest BCUT2D eigenvalue weighted by Gasteiger charge is -2.20. The summed E-state index contributed by atoms with van der Waals surface area (Å²) in [6, 6.07) is 17.9. The first-order valence-corrected chi connectivity index (χ1v) is 10.3. The van der Waals surface area contributed by atoms with Crippen LogP contribution in [0.3, 0.4) is 0 Å². The molecule has 4 nitrogen and oxygen atoms in total. The summed E-state index contributed by atoms with van der Waals surface area (Å²) in [4.78, 5) is 0. The number of benzene rings is 2. The zero-order chi connectivity index (χ0) is 18.0. The Morgan fingerprint density at radius 1 is 0.840 bits per heavy atom. The fraction of sp³-hybridized carbons (Fsp3) is 0.400. The van der Waals surface area contributed by atoms with Gasteiger partial charge < -0.3 is 9.05 Å². The first-order chi connectivity index (χ1) is 12.1. The van der Waals surface area contributed by atoms with Crippen molar-refractivity contribution in [3.8, 4) is 11.5 Å². The number of para-hydroxylation sites is 2. The fourth-order valence-electron chi connectivity index (χ4n) is 2.58. The van der Waals surface area contributed by atoms with E-state index in [-0.39, 0.29) is 0 Å². The third-order valence-corrected chi connectivity index (χ3v) is 5.34. The first kappa shape index (κ1) is 19.6. The number of hydrogen-bond acceptors (Lipinski definition) is 4. The molecule has 2 aromatic rings. The van der Waals surface area contributed by atoms with Crippen LogP contribution in [0.5, 0.6) is 11.5 Å². The zero-order valence-electron chi connectivity index (χ0n) is 15.0. The number of phosphoric ester groups is 1. The Kier molecular flexibility index (Phi) is 8.03. The summed E-state index contributed by atoms with van der Waals surface area (Å²) in [7, 11) is -3.75. The van der Waals surface area contributed by atoms with Gasteiger partial charge in [-0.1, -0.05) is 69.5 Å². The van der Waals surface area contributed by atoms with Gasteiger partial charge >= 0.3 is 7.82 Å². The van der Waals surface area contributed by atoms with Crippen LogP contribution < -0.4 is 9.05 Å². The molecule has 0 radical (unpaired) electrons. The summed E-state index contributed by atoms with van der Waals surface area (Å²) in [5, 5.41) is 0. The van der Waals surface area contributed by atoms with Gasteiger partial charge in [0.05, 0.1) is 6.61 Å². The van der Waals surface area contributed by atoms with Crippen molar-refractivity contribution in [2.24, 2.45) is 5.92 Å². The molecule has 0 saturated carbocycles. The van der Waals surface area contributed by atoms with Crippen molar-refractivity contribution in [3.63, 3.8) is 0 Å². The molecule has 0 amide bonds. The van der Waals surface area contributed by atoms with Gasteiger partial charge in [-0.2, -0.15) is 0 Å². The van der Waals surface area contributed by atoms with Crippen molar-refractivity contribution in [1.29, 1.82) is 0 Å². The Labute approximate surface area is 150 Å². The predicted molar refractivity (Wildman–Crippen MR) is 101 cm³/mol. The van der Waals surface area contributed by atoms with Gasteiger partial charge in [0.25, 0.3) is 0 Å². The van der Waals surface area contributed by atoms with E-state index in [4.69, 9.17) is 13.6 Å². The van der Waals surface area contributed by atoms with E-state index >= 15 is 0 Å². The van der Waals surface area contributed by atoms with Gasteiger partial charge in [-0.05, 0) is 36.6 Å². The van der Waals surface area contributed by atoms with Crippen LogP contribution in [0.25, 0.3) is 0 Å². The van der Waals surface area contributed by atoms with Gasteiger partial charge in [0, 0.05) is 0 Å². The third kappa shape index (κ3) is 6.93. The maximum Gasteiger partial charge on any atom is 0.587 e. The summed E-state index contributed by atoms with van der Waals surface area (Å²) >= 11 is 0. The summed E-state index contributed by atoms with van der Waals surface area (Å²) in [6.07, 6.45) is 4.20. The lowest BCUT2D eigenvalue weighted by atomic mass is 9.98. The average Bonchev–Trinajstić information content (AvgIpc) is 2.62. The molecule has 136 valence electrons. The molecule has 0 N–H and O–H groups in total. The highest BCUT2D eigenvalue weighted by Crippen LogP contribution is 2.49. The highest BCUT2D eigenvalue weighted by atomic mass is 31.2. The first-order valence-electron chi connectivity index (χ1n) is 8.89. The molecule has 0 aromatic heterocycles. The van der Waals surface area contributed by atoms with Crippen molar-refractivity contribution >= 4 is 7.82 Å². The molecule has 0 aliphatic rings. The molecule has 25 heavy (non-hydrogen) atoms. The minimum Gasteiger partial charge on any atom is -0.395 e. The largest absolute Gasteiger partial charge is 0.587 e. The Balaban J connectivity index is 2.04. The standard InChI is InChI=1S/C20H27O4P/c1-3-11-18(4-2)16-17-22-25(21,23-19-12-7-5-8-13-19)24-20-14-9-6-10-15-20/h5-10,12-15,18H,3-4,11,16-17H2,1-2H3. The number of hydrogen-bond donors (Lipinski definition) is 0. The predicted octanol–water partition coefficient (Wildman–Crippen LogP) is 6.49. The van der Waals surface area contributed by atoms with Crippen molar-refractivity contribution in [2.45, 2.75) is 39.5 Å². The quantitative estimate of drug-likeness (QED) is 0.429. The monoisotopic (exact) mass is 362 g/mol. The van der Waals surface area contributed by atoms with Gasteiger partial charge in [-0.15, -0.1) is 0 Å². The van der Waals surface area contributed by atoms with Crippen LogP contribution in [-0.2, 0) is 9.09 Å². The number of phosphoric acid groups is 1. The van der Waals surface area contributed by atoms with Gasteiger partial charge in [-0.3, -0.25) is 4.52 Å². The molecular formula is C20H27O4P. The van der Waals surface area contributed by atoms with Crippen molar-refractivity contribution < 1.29 is 18.1 Å². The van der Waals surface area contributed by atoms with Crippen LogP contribution in [0.4, 0.5) is 0 Å². The molecule has 5 heteroatoms. The van der Waals surface area contributed by atoms with Crippen LogP contribution in [0, 0.1) is 5.92 Å². The maximum absolute atomic E-state index is 13.1. The van der Waals surface area contributed by atoms with Gasteiger partial charge in [0.15, 0.2) is 0 Å². The third-order valence-electron chi connectivity index (χ3n) is 3.97. The molecule has 2 rings (SSSR count). The Bertz CT molecular complexity index is 600. The smallest absolute Gasteiger partial charge is 0.395 e. The van der Waals surface area contributed by atoms with Crippen LogP contribution >= 0.6 is 7.82 Å². The molecule has 2 aromatic carbocycles. The number of rotatable bonds is 11. The van der Waals surface area contributed by atoms with Crippen LogP contribution in [-0.4, -0.2) is 6.61 Å². The molecule has 0 saturated heterocycles. The molecule has 0 spiro atoms. The average molecular weight is 362 g/mol. The van der Waals surface area contributed by atoms with Crippen molar-refractivity contribution in [3.05, 3.63) is 60.7 Å². The zero-order valence-corrected chi connectivity index (χ0v) is 15.9. The molecule has 0 aliphatic heterocycles. The maximum atomic E-state index is 13.1. The fourth-order valence-corrected chi connectivity index (χ4v) is 3.82. The summed E-state index contributed by atoms with van der Waals surface area (Å²) in [5.74, 6) is 1.48. The van der Waals surface area contributed by atoms with Crippen LogP contribution in [0.15, 0.2) is 60.7 Å². The summed E-state index contributed by atoms with van der Waals surface area (Å²) in [5.41, 5.74) is 0. The second-order valence-electron chi connectivity index (χ2n) is 5.94. The molecule has 1 atom stereocenters. The van der Waals surface area contributed by atoms with E-state index in [1.54, 1.807) is 24.3 Å². The Morgan fingerprint density at radius 3 is 1.80 bits per heavy atom. The Hall–Kier alpha value is -1.77. The second kappa shape index (κ2) is 10.3. The van der Waals surface area contributed by atoms with Gasteiger partial charge in [0.2, 0.25) is 0 Å². The van der Waals surface area contributed by atoms with Crippen LogP contribution in [0.2, 0.25) is 0 Å². The molecular weight excluding hydrogens is 335 g/mol. The molecule has 0 heterocycles. The van der Waals surface area contributed by atoms with E-state index in [2.05, 4.69) is 13.8 Å². The van der Waals surface area contributed by atoms with E-state index in [9.17, 15) is 4.57 Å². The minimum absolute atomic E-state index is 0.343. The van der Waals surface area contributed by atoms with Crippen molar-refractivity contribution in [1.82, 2.24) is 0 Å². The normalized spacial score (nSPS) is 12.6. The molecule has 1 unspecified atom stereocenters. The summed E-state index contributed by atoms with van der Waals surface area (Å²) < 4.78 is 29.9. The van der Waals surface area contributed by atoms with Gasteiger partial charge in [-0.25, -0.2) is 4.57 Å². The van der Waals surface area contributed by atoms with E-state index in [1.807, 2.05) is 36.4 Å². The Morgan fingerprint density at radius 2 is 1.36 bits per heavy atom. The van der Waals surface area contributed by atoms with E-state index in [0.717, 1.165) is 25.7 Å². The highest BCUT2D eigenvalue weighted by molar-refractivity contribution is 7.49. The molecule has 0 bridgehead atoms. The highest BCUT2D eigenvalue weighted by Gasteiger charge is 2.31. The van der Waals surface area contributed by atoms with Gasteiger partial charge in [0.1, 0.15) is 11.5 Å². The van der Waals surface area contributed by atoms with Crippen LogP contribution in [0.1, 0.15) is 39.5 Å². The lowest BCUT2D eigenvalue weighted by Crippen LogP contribution is -2.09. The van der Waals surface area contributed by atoms with E-state index in [0.29, 0.717) is 24.0 Å². The minimum atomic E-state index is -3.75. The van der Waals surface area contributed by atoms with Crippen molar-refractivity contribution in [2.75, 3.05) is 6.61 Å². The van der Waals surface area contributed by atoms with E-state index < -0.39 is 7.82 Å². The SMILES string of the molecule is CCCC(CC)CCOP(=O)(Oc1ccccc1)Oc1ccccc1. The lowest BCUT2D eigenvalue weighted by molar-refractivity contribution is 0.192. The summed E-state index contributed by atoms with van der Waals surface area (Å²) in [6.45, 7) is 4.68. The molecule has 0 fully saturated rings. The molecule has 0 aliphatic carbocycles. The topological polar surface area (TPSA) is 44.8 Å².